The van der Waals surface area contributed by atoms with E-state index in [0.29, 0.717) is 31.0 Å². The minimum atomic E-state index is -3.78. The minimum absolute atomic E-state index is 0.135. The van der Waals surface area contributed by atoms with Gasteiger partial charge in [-0.3, -0.25) is 9.69 Å². The van der Waals surface area contributed by atoms with E-state index < -0.39 is 21.6 Å². The van der Waals surface area contributed by atoms with Crippen molar-refractivity contribution in [2.75, 3.05) is 13.1 Å². The molecule has 2 atom stereocenters. The lowest BCUT2D eigenvalue weighted by Gasteiger charge is -2.30. The maximum Gasteiger partial charge on any atom is 0.285 e. The fourth-order valence-corrected chi connectivity index (χ4v) is 5.76. The summed E-state index contributed by atoms with van der Waals surface area (Å²) in [5, 5.41) is 16.0. The van der Waals surface area contributed by atoms with Crippen LogP contribution in [0.2, 0.25) is 0 Å². The Bertz CT molecular complexity index is 1030. The maximum atomic E-state index is 13.3. The molecule has 8 nitrogen and oxygen atoms in total. The second-order valence-electron chi connectivity index (χ2n) is 9.11. The van der Waals surface area contributed by atoms with Crippen LogP contribution >= 0.6 is 0 Å². The molecule has 174 valence electrons. The zero-order valence-corrected chi connectivity index (χ0v) is 20.1. The molecule has 2 N–H and O–H groups in total. The molecule has 0 bridgehead atoms. The number of hydrogen-bond acceptors (Lipinski definition) is 6. The molecule has 2 heterocycles. The molecule has 0 aromatic heterocycles. The van der Waals surface area contributed by atoms with E-state index in [2.05, 4.69) is 39.8 Å². The maximum absolute atomic E-state index is 13.3. The van der Waals surface area contributed by atoms with E-state index in [1.54, 1.807) is 18.2 Å². The van der Waals surface area contributed by atoms with E-state index in [1.807, 2.05) is 13.8 Å². The van der Waals surface area contributed by atoms with Crippen molar-refractivity contribution in [3.63, 3.8) is 0 Å². The van der Waals surface area contributed by atoms with Gasteiger partial charge in [0.2, 0.25) is 5.91 Å². The van der Waals surface area contributed by atoms with Gasteiger partial charge in [-0.1, -0.05) is 39.8 Å². The normalized spacial score (nSPS) is 23.0. The van der Waals surface area contributed by atoms with E-state index >= 15 is 0 Å². The van der Waals surface area contributed by atoms with Gasteiger partial charge in [0, 0.05) is 24.7 Å². The summed E-state index contributed by atoms with van der Waals surface area (Å²) in [6, 6.07) is 8.60. The fourth-order valence-electron chi connectivity index (χ4n) is 4.58. The first-order chi connectivity index (χ1) is 15.1. The molecule has 2 aliphatic heterocycles. The smallest absolute Gasteiger partial charge is 0.285 e. The van der Waals surface area contributed by atoms with Crippen molar-refractivity contribution in [2.24, 2.45) is 10.3 Å². The molecule has 0 spiro atoms. The van der Waals surface area contributed by atoms with Crippen molar-refractivity contribution < 1.29 is 13.2 Å². The van der Waals surface area contributed by atoms with E-state index in [1.165, 1.54) is 6.07 Å². The molecule has 1 aromatic carbocycles. The van der Waals surface area contributed by atoms with Crippen LogP contribution in [0, 0.1) is 17.2 Å². The summed E-state index contributed by atoms with van der Waals surface area (Å²) in [4.78, 5) is 15.7. The third kappa shape index (κ3) is 4.97. The lowest BCUT2D eigenvalue weighted by atomic mass is 9.97. The summed E-state index contributed by atoms with van der Waals surface area (Å²) >= 11 is 0. The van der Waals surface area contributed by atoms with Crippen LogP contribution in [0.15, 0.2) is 33.6 Å². The Morgan fingerprint density at radius 3 is 2.59 bits per heavy atom. The number of nitriles is 1. The number of amidine groups is 1. The Kier molecular flexibility index (Phi) is 7.25. The number of carbonyl (C=O) groups is 1. The Morgan fingerprint density at radius 2 is 1.97 bits per heavy atom. The molecule has 9 heteroatoms. The van der Waals surface area contributed by atoms with Crippen molar-refractivity contribution in [1.82, 2.24) is 15.5 Å². The zero-order chi connectivity index (χ0) is 23.5. The largest absolute Gasteiger partial charge is 0.357 e. The highest BCUT2D eigenvalue weighted by Crippen LogP contribution is 2.27. The van der Waals surface area contributed by atoms with Gasteiger partial charge in [0.1, 0.15) is 22.3 Å². The predicted molar refractivity (Wildman–Crippen MR) is 124 cm³/mol. The summed E-state index contributed by atoms with van der Waals surface area (Å²) in [5.41, 5.74) is -0.484. The molecule has 2 aliphatic rings. The Labute approximate surface area is 191 Å². The average molecular weight is 460 g/mol. The summed E-state index contributed by atoms with van der Waals surface area (Å²) in [6.45, 7) is 9.52. The van der Waals surface area contributed by atoms with E-state index in [-0.39, 0.29) is 22.6 Å². The average Bonchev–Trinajstić information content (AvgIpc) is 3.28. The van der Waals surface area contributed by atoms with Crippen LogP contribution in [-0.2, 0) is 14.8 Å². The summed E-state index contributed by atoms with van der Waals surface area (Å²) in [7, 11) is -3.78. The molecular formula is C23H33N5O3S. The quantitative estimate of drug-likeness (QED) is 0.617. The van der Waals surface area contributed by atoms with Crippen molar-refractivity contribution >= 4 is 21.8 Å². The monoisotopic (exact) mass is 459 g/mol. The topological polar surface area (TPSA) is 115 Å². The van der Waals surface area contributed by atoms with E-state index in [0.717, 1.165) is 19.4 Å². The number of carbonyl (C=O) groups excluding carboxylic acids is 1. The number of rotatable bonds is 8. The van der Waals surface area contributed by atoms with Crippen molar-refractivity contribution in [3.8, 4) is 6.07 Å². The number of hydrogen-bond donors (Lipinski definition) is 2. The number of fused-ring (bicyclic) bond motifs is 1. The fraction of sp³-hybridized carbons (Fsp3) is 0.609. The number of likely N-dealkylation sites (tertiary alicyclic amines) is 1. The van der Waals surface area contributed by atoms with Crippen LogP contribution in [0.3, 0.4) is 0 Å². The van der Waals surface area contributed by atoms with Crippen LogP contribution in [0.4, 0.5) is 0 Å². The van der Waals surface area contributed by atoms with Crippen molar-refractivity contribution in [3.05, 3.63) is 29.8 Å². The number of nitrogens with one attached hydrogen (secondary N) is 2. The Morgan fingerprint density at radius 1 is 1.28 bits per heavy atom. The van der Waals surface area contributed by atoms with Gasteiger partial charge in [-0.2, -0.15) is 13.7 Å². The van der Waals surface area contributed by atoms with Crippen molar-refractivity contribution in [1.29, 1.82) is 5.26 Å². The summed E-state index contributed by atoms with van der Waals surface area (Å²) in [5.74, 6) is 0.0448. The van der Waals surface area contributed by atoms with Gasteiger partial charge < -0.3 is 10.6 Å². The molecule has 0 aliphatic carbocycles. The molecule has 0 saturated carbocycles. The SMILES string of the molecule is CCC(CC)N1CCC(C#N)(NC(=O)C(CC(C)C)NC2=NS(=O)(=O)c3ccccc32)C1. The predicted octanol–water partition coefficient (Wildman–Crippen LogP) is 2.41. The van der Waals surface area contributed by atoms with Gasteiger partial charge in [0.25, 0.3) is 10.0 Å². The lowest BCUT2D eigenvalue weighted by Crippen LogP contribution is -2.56. The third-order valence-electron chi connectivity index (χ3n) is 6.30. The number of amides is 1. The molecule has 1 fully saturated rings. The first-order valence-corrected chi connectivity index (χ1v) is 12.8. The molecule has 1 amide bonds. The van der Waals surface area contributed by atoms with Crippen LogP contribution in [-0.4, -0.2) is 55.8 Å². The van der Waals surface area contributed by atoms with Gasteiger partial charge in [0.05, 0.1) is 6.07 Å². The standard InChI is InChI=1S/C23H33N5O3S/c1-5-17(6-2)28-12-11-23(14-24,15-28)26-22(29)19(13-16(3)4)25-21-18-9-7-8-10-20(18)32(30,31)27-21/h7-10,16-17,19H,5-6,11-13,15H2,1-4H3,(H,25,27)(H,26,29). The highest BCUT2D eigenvalue weighted by Gasteiger charge is 2.43. The Balaban J connectivity index is 1.80. The van der Waals surface area contributed by atoms with Gasteiger partial charge in [-0.25, -0.2) is 0 Å². The molecule has 1 saturated heterocycles. The highest BCUT2D eigenvalue weighted by molar-refractivity contribution is 7.90. The number of benzene rings is 1. The summed E-state index contributed by atoms with van der Waals surface area (Å²) in [6.07, 6.45) is 3.04. The highest BCUT2D eigenvalue weighted by atomic mass is 32.2. The van der Waals surface area contributed by atoms with Gasteiger partial charge in [0.15, 0.2) is 0 Å². The van der Waals surface area contributed by atoms with Crippen molar-refractivity contribution in [2.45, 2.75) is 75.9 Å². The van der Waals surface area contributed by atoms with Crippen LogP contribution in [0.25, 0.3) is 0 Å². The first-order valence-electron chi connectivity index (χ1n) is 11.3. The van der Waals surface area contributed by atoms with Gasteiger partial charge >= 0.3 is 0 Å². The molecule has 2 unspecified atom stereocenters. The first kappa shape index (κ1) is 24.2. The number of sulfonamides is 1. The van der Waals surface area contributed by atoms with Crippen LogP contribution in [0.1, 0.15) is 58.9 Å². The second-order valence-corrected chi connectivity index (χ2v) is 10.7. The molecule has 0 radical (unpaired) electrons. The lowest BCUT2D eigenvalue weighted by molar-refractivity contribution is -0.124. The van der Waals surface area contributed by atoms with E-state index in [4.69, 9.17) is 0 Å². The van der Waals surface area contributed by atoms with Gasteiger partial charge in [-0.05, 0) is 43.7 Å². The molecule has 3 rings (SSSR count). The third-order valence-corrected chi connectivity index (χ3v) is 7.64. The molecule has 1 aromatic rings. The van der Waals surface area contributed by atoms with Gasteiger partial charge in [-0.15, -0.1) is 4.40 Å². The molecule has 32 heavy (non-hydrogen) atoms. The van der Waals surface area contributed by atoms with Crippen LogP contribution in [0.5, 0.6) is 0 Å². The van der Waals surface area contributed by atoms with Crippen LogP contribution < -0.4 is 10.6 Å². The summed E-state index contributed by atoms with van der Waals surface area (Å²) < 4.78 is 28.7. The van der Waals surface area contributed by atoms with E-state index in [9.17, 15) is 18.5 Å². The minimum Gasteiger partial charge on any atom is -0.357 e. The second kappa shape index (κ2) is 9.59. The number of nitrogens with zero attached hydrogens (tertiary/aromatic N) is 3. The molecular weight excluding hydrogens is 426 g/mol. The Hall–Kier alpha value is -2.44. The zero-order valence-electron chi connectivity index (χ0n) is 19.3.